The molecule has 3 atom stereocenters. The van der Waals surface area contributed by atoms with Gasteiger partial charge >= 0.3 is 0 Å². The fraction of sp³-hybridized carbons (Fsp3) is 0.556. The van der Waals surface area contributed by atoms with Crippen molar-refractivity contribution in [2.45, 2.75) is 6.04 Å². The second-order valence-electron chi connectivity index (χ2n) is 3.07. The fourth-order valence-corrected chi connectivity index (χ4v) is 3.80. The van der Waals surface area contributed by atoms with Crippen LogP contribution in [-0.4, -0.2) is 31.0 Å². The predicted octanol–water partition coefficient (Wildman–Crippen LogP) is 0.595. The summed E-state index contributed by atoms with van der Waals surface area (Å²) in [5.74, 6) is 5.06. The molecule has 0 saturated carbocycles. The Bertz CT molecular complexity index is 325. The molecule has 0 bridgehead atoms. The zero-order valence-corrected chi connectivity index (χ0v) is 8.71. The fourth-order valence-electron chi connectivity index (χ4n) is 1.57. The Morgan fingerprint density at radius 1 is 1.54 bits per heavy atom. The van der Waals surface area contributed by atoms with Gasteiger partial charge in [0.25, 0.3) is 0 Å². The molecule has 1 aliphatic heterocycles. The van der Waals surface area contributed by atoms with Crippen LogP contribution in [-0.2, 0) is 4.57 Å². The first-order chi connectivity index (χ1) is 6.09. The molecule has 1 N–H and O–H groups in total. The topological polar surface area (TPSA) is 32.3 Å². The minimum atomic E-state index is -2.49. The van der Waals surface area contributed by atoms with Crippen LogP contribution in [0.25, 0.3) is 0 Å². The molecule has 3 nitrogen and oxygen atoms in total. The highest BCUT2D eigenvalue weighted by atomic mass is 31.2. The second kappa shape index (κ2) is 3.56. The van der Waals surface area contributed by atoms with E-state index in [-0.39, 0.29) is 12.0 Å². The summed E-state index contributed by atoms with van der Waals surface area (Å²) in [5.41, 5.74) is 0. The van der Waals surface area contributed by atoms with Gasteiger partial charge in [-0.05, 0) is 14.1 Å². The molecule has 70 valence electrons. The van der Waals surface area contributed by atoms with Gasteiger partial charge in [-0.15, -0.1) is 18.8 Å². The molecule has 1 saturated heterocycles. The van der Waals surface area contributed by atoms with Crippen molar-refractivity contribution < 1.29 is 4.57 Å². The Labute approximate surface area is 79.4 Å². The minimum absolute atomic E-state index is 0.103. The Kier molecular flexibility index (Phi) is 2.84. The standard InChI is InChI=1S/C9H13N2OP/c1-5-8-7-13(12,10-3)11(4)9(8)6-2/h1-2,8-9H,7H2,3-4H3,(H,10,12). The number of terminal acetylenes is 2. The molecule has 0 aliphatic carbocycles. The average molecular weight is 196 g/mol. The lowest BCUT2D eigenvalue weighted by atomic mass is 10.0. The smallest absolute Gasteiger partial charge is 0.215 e. The monoisotopic (exact) mass is 196 g/mol. The maximum atomic E-state index is 12.1. The van der Waals surface area contributed by atoms with Gasteiger partial charge in [0.2, 0.25) is 7.44 Å². The van der Waals surface area contributed by atoms with Crippen molar-refractivity contribution in [2.24, 2.45) is 5.92 Å². The molecule has 1 heterocycles. The Morgan fingerprint density at radius 3 is 2.46 bits per heavy atom. The Balaban J connectivity index is 3.00. The van der Waals surface area contributed by atoms with Crippen LogP contribution in [0.3, 0.4) is 0 Å². The van der Waals surface area contributed by atoms with Gasteiger partial charge in [-0.3, -0.25) is 9.65 Å². The lowest BCUT2D eigenvalue weighted by Crippen LogP contribution is -2.27. The largest absolute Gasteiger partial charge is 0.289 e. The predicted molar refractivity (Wildman–Crippen MR) is 54.2 cm³/mol. The van der Waals surface area contributed by atoms with Crippen LogP contribution in [0.4, 0.5) is 0 Å². The third-order valence-electron chi connectivity index (χ3n) is 2.47. The number of nitrogens with one attached hydrogen (secondary N) is 1. The van der Waals surface area contributed by atoms with Gasteiger partial charge in [-0.1, -0.05) is 5.92 Å². The van der Waals surface area contributed by atoms with Gasteiger partial charge in [-0.25, -0.2) is 4.67 Å². The highest BCUT2D eigenvalue weighted by Crippen LogP contribution is 2.53. The maximum absolute atomic E-state index is 12.1. The average Bonchev–Trinajstić information content (AvgIpc) is 2.40. The number of nitrogens with zero attached hydrogens (tertiary/aromatic N) is 1. The maximum Gasteiger partial charge on any atom is 0.215 e. The lowest BCUT2D eigenvalue weighted by Gasteiger charge is -2.21. The van der Waals surface area contributed by atoms with E-state index in [1.54, 1.807) is 18.8 Å². The molecular formula is C9H13N2OP. The van der Waals surface area contributed by atoms with Crippen LogP contribution in [0, 0.1) is 30.6 Å². The third kappa shape index (κ3) is 1.52. The first kappa shape index (κ1) is 10.4. The van der Waals surface area contributed by atoms with Crippen molar-refractivity contribution in [3.05, 3.63) is 0 Å². The van der Waals surface area contributed by atoms with E-state index in [2.05, 4.69) is 16.9 Å². The van der Waals surface area contributed by atoms with Crippen LogP contribution in [0.15, 0.2) is 0 Å². The molecular weight excluding hydrogens is 183 g/mol. The molecule has 4 heteroatoms. The van der Waals surface area contributed by atoms with E-state index in [1.165, 1.54) is 0 Å². The highest BCUT2D eigenvalue weighted by Gasteiger charge is 2.44. The third-order valence-corrected chi connectivity index (χ3v) is 5.33. The van der Waals surface area contributed by atoms with Crippen LogP contribution in [0.1, 0.15) is 0 Å². The van der Waals surface area contributed by atoms with Gasteiger partial charge in [0.1, 0.15) is 0 Å². The zero-order valence-electron chi connectivity index (χ0n) is 7.82. The summed E-state index contributed by atoms with van der Waals surface area (Å²) in [6.45, 7) is 0. The molecule has 0 aromatic carbocycles. The summed E-state index contributed by atoms with van der Waals surface area (Å²) in [5, 5.41) is 2.81. The summed E-state index contributed by atoms with van der Waals surface area (Å²) in [7, 11) is 0.931. The number of rotatable bonds is 1. The molecule has 0 amide bonds. The van der Waals surface area contributed by atoms with E-state index in [0.717, 1.165) is 0 Å². The number of hydrogen-bond donors (Lipinski definition) is 1. The first-order valence-electron chi connectivity index (χ1n) is 4.02. The SMILES string of the molecule is C#CC1CP(=O)(NC)N(C)C1C#C. The second-order valence-corrected chi connectivity index (χ2v) is 5.91. The number of hydrogen-bond acceptors (Lipinski definition) is 1. The molecule has 0 spiro atoms. The van der Waals surface area contributed by atoms with Crippen molar-refractivity contribution >= 4 is 7.44 Å². The molecule has 0 aromatic heterocycles. The van der Waals surface area contributed by atoms with Gasteiger partial charge in [0.05, 0.1) is 12.0 Å². The van der Waals surface area contributed by atoms with Gasteiger partial charge < -0.3 is 0 Å². The van der Waals surface area contributed by atoms with Gasteiger partial charge in [-0.2, -0.15) is 0 Å². The van der Waals surface area contributed by atoms with Crippen molar-refractivity contribution in [1.29, 1.82) is 0 Å². The van der Waals surface area contributed by atoms with Crippen molar-refractivity contribution in [2.75, 3.05) is 20.3 Å². The molecule has 1 aliphatic rings. The van der Waals surface area contributed by atoms with Crippen molar-refractivity contribution in [1.82, 2.24) is 9.76 Å². The Hall–Kier alpha value is -0.730. The van der Waals surface area contributed by atoms with E-state index in [9.17, 15) is 4.57 Å². The first-order valence-corrected chi connectivity index (χ1v) is 5.87. The summed E-state index contributed by atoms with van der Waals surface area (Å²) in [6.07, 6.45) is 11.1. The van der Waals surface area contributed by atoms with Crippen molar-refractivity contribution in [3.8, 4) is 24.7 Å². The van der Waals surface area contributed by atoms with Crippen LogP contribution in [0.2, 0.25) is 0 Å². The van der Waals surface area contributed by atoms with E-state index in [1.807, 2.05) is 0 Å². The summed E-state index contributed by atoms with van der Waals surface area (Å²) in [4.78, 5) is 0. The zero-order chi connectivity index (χ0) is 10.1. The van der Waals surface area contributed by atoms with Crippen LogP contribution >= 0.6 is 7.44 Å². The normalized spacial score (nSPS) is 39.7. The van der Waals surface area contributed by atoms with Crippen LogP contribution < -0.4 is 5.09 Å². The van der Waals surface area contributed by atoms with Gasteiger partial charge in [0, 0.05) is 6.16 Å². The van der Waals surface area contributed by atoms with E-state index >= 15 is 0 Å². The van der Waals surface area contributed by atoms with Gasteiger partial charge in [0.15, 0.2) is 0 Å². The Morgan fingerprint density at radius 2 is 2.15 bits per heavy atom. The minimum Gasteiger partial charge on any atom is -0.289 e. The quantitative estimate of drug-likeness (QED) is 0.492. The highest BCUT2D eigenvalue weighted by molar-refractivity contribution is 7.59. The lowest BCUT2D eigenvalue weighted by molar-refractivity contribution is 0.427. The van der Waals surface area contributed by atoms with Crippen LogP contribution in [0.5, 0.6) is 0 Å². The molecule has 13 heavy (non-hydrogen) atoms. The molecule has 0 radical (unpaired) electrons. The van der Waals surface area contributed by atoms with E-state index in [4.69, 9.17) is 12.8 Å². The molecule has 0 aromatic rings. The summed E-state index contributed by atoms with van der Waals surface area (Å²) in [6, 6.07) is -0.205. The summed E-state index contributed by atoms with van der Waals surface area (Å²) < 4.78 is 13.8. The summed E-state index contributed by atoms with van der Waals surface area (Å²) >= 11 is 0. The molecule has 1 fully saturated rings. The molecule has 3 unspecified atom stereocenters. The van der Waals surface area contributed by atoms with E-state index in [0.29, 0.717) is 6.16 Å². The van der Waals surface area contributed by atoms with E-state index < -0.39 is 7.44 Å². The molecule has 1 rings (SSSR count). The van der Waals surface area contributed by atoms with Crippen molar-refractivity contribution in [3.63, 3.8) is 0 Å².